The average molecular weight is 273 g/mol. The summed E-state index contributed by atoms with van der Waals surface area (Å²) in [5.41, 5.74) is 0. The van der Waals surface area contributed by atoms with E-state index in [1.54, 1.807) is 0 Å². The van der Waals surface area contributed by atoms with Gasteiger partial charge in [-0.2, -0.15) is 0 Å². The molecule has 0 spiro atoms. The number of rotatable bonds is 6. The summed E-state index contributed by atoms with van der Waals surface area (Å²) in [5.74, 6) is -0.577. The van der Waals surface area contributed by atoms with Gasteiger partial charge in [0.2, 0.25) is 0 Å². The zero-order valence-electron chi connectivity index (χ0n) is 23.8. The quantitative estimate of drug-likeness (QED) is 0.850. The molecule has 0 saturated heterocycles. The topological polar surface area (TPSA) is 41.5 Å². The Morgan fingerprint density at radius 2 is 2.11 bits per heavy atom. The maximum Gasteiger partial charge on any atom is 0.127 e. The van der Waals surface area contributed by atoms with Gasteiger partial charge in [-0.05, 0) is 11.4 Å². The van der Waals surface area contributed by atoms with Gasteiger partial charge in [0.1, 0.15) is 18.4 Å². The van der Waals surface area contributed by atoms with Crippen molar-refractivity contribution < 1.29 is 29.0 Å². The van der Waals surface area contributed by atoms with Gasteiger partial charge in [-0.15, -0.1) is 0 Å². The van der Waals surface area contributed by atoms with E-state index in [0.717, 1.165) is 0 Å². The Bertz CT molecular complexity index is 1040. The van der Waals surface area contributed by atoms with Gasteiger partial charge < -0.3 is 15.2 Å². The Kier molecular flexibility index (Phi) is 1.54. The number of hydrogen-bond donors (Lipinski definition) is 2. The van der Waals surface area contributed by atoms with Crippen LogP contribution < -0.4 is 10.1 Å². The van der Waals surface area contributed by atoms with E-state index in [4.69, 9.17) is 23.9 Å². The number of hydrogen-bond acceptors (Lipinski definition) is 3. The Balaban J connectivity index is 2.43. The molecule has 2 aromatic rings. The minimum atomic E-state index is -2.97. The van der Waals surface area contributed by atoms with E-state index >= 15 is 0 Å². The van der Waals surface area contributed by atoms with E-state index in [1.165, 1.54) is 0 Å². The van der Waals surface area contributed by atoms with Crippen molar-refractivity contribution in [1.82, 2.24) is 5.32 Å². The Morgan fingerprint density at radius 1 is 1.32 bits per heavy atom. The van der Waals surface area contributed by atoms with E-state index in [-0.39, 0.29) is 5.39 Å². The second-order valence-corrected chi connectivity index (χ2v) is 3.62. The first-order valence-electron chi connectivity index (χ1n) is 12.4. The summed E-state index contributed by atoms with van der Waals surface area (Å²) in [4.78, 5) is 0. The van der Waals surface area contributed by atoms with E-state index < -0.39 is 92.4 Å². The van der Waals surface area contributed by atoms with Gasteiger partial charge in [0.25, 0.3) is 0 Å². The smallest absolute Gasteiger partial charge is 0.127 e. The fraction of sp³-hybridized carbons (Fsp3) is 0.375. The standard InChI is InChI=1S/C16H21NO2/c1-12(2)17-10-14(18)11-19-16-9-5-7-13-6-3-4-8-15(13)16/h3-9,12,14,17-18H,10-11H2,1-2H3/i1D3,2D3,3D,4D,5D,6D,7D,8D,9D,14D. The van der Waals surface area contributed by atoms with Crippen LogP contribution in [0.1, 0.15) is 32.9 Å². The number of fused-ring (bicyclic) bond motifs is 1. The third-order valence-electron chi connectivity index (χ3n) is 2.17. The molecule has 0 heterocycles. The van der Waals surface area contributed by atoms with E-state index in [9.17, 15) is 5.11 Å². The van der Waals surface area contributed by atoms with Crippen LogP contribution in [-0.2, 0) is 0 Å². The van der Waals surface area contributed by atoms with Crippen LogP contribution in [0.5, 0.6) is 5.75 Å². The molecule has 2 aromatic carbocycles. The van der Waals surface area contributed by atoms with Gasteiger partial charge in [-0.25, -0.2) is 0 Å². The molecule has 0 bridgehead atoms. The number of benzene rings is 2. The van der Waals surface area contributed by atoms with Crippen LogP contribution in [0.15, 0.2) is 42.3 Å². The van der Waals surface area contributed by atoms with Crippen molar-refractivity contribution in [2.75, 3.05) is 13.2 Å². The van der Waals surface area contributed by atoms with Crippen LogP contribution >= 0.6 is 0 Å². The SMILES string of the molecule is [2H]c1c([2H])c([2H])c2c(OCC([2H])(O)CNC(C([2H])([2H])[2H])C([2H])([2H])[2H])c([2H])c([2H])c([2H])c2c1[2H]. The highest BCUT2D eigenvalue weighted by atomic mass is 16.5. The summed E-state index contributed by atoms with van der Waals surface area (Å²) >= 11 is 0. The minimum Gasteiger partial charge on any atom is -0.490 e. The molecular formula is C16H21NO2. The monoisotopic (exact) mass is 273 g/mol. The largest absolute Gasteiger partial charge is 0.490 e. The van der Waals surface area contributed by atoms with Gasteiger partial charge >= 0.3 is 0 Å². The highest BCUT2D eigenvalue weighted by Gasteiger charge is 2.07. The first kappa shape index (κ1) is 4.47. The zero-order valence-corrected chi connectivity index (χ0v) is 9.85. The molecule has 1 unspecified atom stereocenters. The molecule has 0 aromatic heterocycles. The predicted octanol–water partition coefficient (Wildman–Crippen LogP) is 2.58. The normalized spacial score (nSPS) is 26.4. The van der Waals surface area contributed by atoms with Crippen LogP contribution in [0.2, 0.25) is 0 Å². The summed E-state index contributed by atoms with van der Waals surface area (Å²) in [6, 6.07) is -6.74. The number of nitrogens with one attached hydrogen (secondary N) is 1. The lowest BCUT2D eigenvalue weighted by Crippen LogP contribution is -2.35. The van der Waals surface area contributed by atoms with Gasteiger partial charge in [0.05, 0.1) is 11.0 Å². The Hall–Kier alpha value is -1.58. The average Bonchev–Trinajstić information content (AvgIpc) is 2.65. The molecule has 2 N–H and O–H groups in total. The highest BCUT2D eigenvalue weighted by molar-refractivity contribution is 5.88. The maximum atomic E-state index is 10.3. The molecule has 0 aliphatic heterocycles. The molecule has 0 aliphatic carbocycles. The molecular weight excluding hydrogens is 238 g/mol. The van der Waals surface area contributed by atoms with Gasteiger partial charge in [-0.1, -0.05) is 50.0 Å². The lowest BCUT2D eigenvalue weighted by atomic mass is 10.1. The lowest BCUT2D eigenvalue weighted by molar-refractivity contribution is 0.105. The van der Waals surface area contributed by atoms with Gasteiger partial charge in [0, 0.05) is 26.2 Å². The fourth-order valence-electron chi connectivity index (χ4n) is 1.32. The van der Waals surface area contributed by atoms with Crippen LogP contribution in [0.25, 0.3) is 10.8 Å². The molecule has 3 heteroatoms. The van der Waals surface area contributed by atoms with E-state index in [2.05, 4.69) is 5.32 Å². The first-order valence-corrected chi connectivity index (χ1v) is 5.39. The maximum absolute atomic E-state index is 10.3. The Morgan fingerprint density at radius 3 is 2.95 bits per heavy atom. The first-order chi connectivity index (χ1) is 14.8. The summed E-state index contributed by atoms with van der Waals surface area (Å²) in [6.07, 6.45) is -2.62. The third kappa shape index (κ3) is 3.94. The summed E-state index contributed by atoms with van der Waals surface area (Å²) in [5, 5.41) is 11.6. The van der Waals surface area contributed by atoms with Crippen molar-refractivity contribution in [2.45, 2.75) is 25.8 Å². The van der Waals surface area contributed by atoms with Crippen molar-refractivity contribution in [1.29, 1.82) is 0 Å². The summed E-state index contributed by atoms with van der Waals surface area (Å²) in [7, 11) is 0. The van der Waals surface area contributed by atoms with E-state index in [1.807, 2.05) is 0 Å². The van der Waals surface area contributed by atoms with Crippen LogP contribution in [0.4, 0.5) is 0 Å². The van der Waals surface area contributed by atoms with E-state index in [0.29, 0.717) is 0 Å². The summed E-state index contributed by atoms with van der Waals surface area (Å²) in [6.45, 7) is -7.79. The van der Waals surface area contributed by atoms with Crippen molar-refractivity contribution in [3.05, 3.63) is 42.3 Å². The highest BCUT2D eigenvalue weighted by Crippen LogP contribution is 2.25. The van der Waals surface area contributed by atoms with Crippen molar-refractivity contribution >= 4 is 10.8 Å². The number of aliphatic hydroxyl groups is 1. The molecule has 0 fully saturated rings. The molecule has 2 rings (SSSR count). The third-order valence-corrected chi connectivity index (χ3v) is 2.17. The fourth-order valence-corrected chi connectivity index (χ4v) is 1.32. The molecule has 102 valence electrons. The van der Waals surface area contributed by atoms with Gasteiger partial charge in [-0.3, -0.25) is 0 Å². The van der Waals surface area contributed by atoms with Crippen LogP contribution in [0.3, 0.4) is 0 Å². The molecule has 3 nitrogen and oxygen atoms in total. The predicted molar refractivity (Wildman–Crippen MR) is 78.6 cm³/mol. The molecule has 0 radical (unpaired) electrons. The number of ether oxygens (including phenoxy) is 1. The molecule has 1 atom stereocenters. The minimum absolute atomic E-state index is 0.381. The van der Waals surface area contributed by atoms with Crippen LogP contribution in [0, 0.1) is 0 Å². The lowest BCUT2D eigenvalue weighted by Gasteiger charge is -2.15. The molecule has 0 aliphatic rings. The van der Waals surface area contributed by atoms with Gasteiger partial charge in [0.15, 0.2) is 0 Å². The second kappa shape index (κ2) is 6.55. The Labute approximate surface area is 133 Å². The summed E-state index contributed by atoms with van der Waals surface area (Å²) < 4.78 is 113. The molecule has 19 heavy (non-hydrogen) atoms. The zero-order chi connectivity index (χ0) is 25.7. The second-order valence-electron chi connectivity index (χ2n) is 3.62. The van der Waals surface area contributed by atoms with Crippen LogP contribution in [-0.4, -0.2) is 30.4 Å². The van der Waals surface area contributed by atoms with Crippen molar-refractivity contribution in [3.63, 3.8) is 0 Å². The van der Waals surface area contributed by atoms with Crippen molar-refractivity contribution in [2.24, 2.45) is 0 Å². The molecule has 0 amide bonds. The molecule has 0 saturated carbocycles. The van der Waals surface area contributed by atoms with Crippen molar-refractivity contribution in [3.8, 4) is 5.75 Å².